The normalized spacial score (nSPS) is 17.8. The van der Waals surface area contributed by atoms with Crippen molar-refractivity contribution < 1.29 is 9.90 Å². The Morgan fingerprint density at radius 3 is 2.30 bits per heavy atom. The van der Waals surface area contributed by atoms with Crippen LogP contribution in [0.3, 0.4) is 0 Å². The lowest BCUT2D eigenvalue weighted by atomic mass is 9.63. The van der Waals surface area contributed by atoms with E-state index in [1.165, 1.54) is 11.1 Å². The second-order valence-electron chi connectivity index (χ2n) is 8.56. The van der Waals surface area contributed by atoms with Crippen LogP contribution in [-0.2, 0) is 10.8 Å². The second-order valence-corrected chi connectivity index (χ2v) is 8.56. The Hall–Kier alpha value is -2.57. The molecule has 0 fully saturated rings. The Kier molecular flexibility index (Phi) is 5.13. The van der Waals surface area contributed by atoms with E-state index in [1.807, 2.05) is 12.1 Å². The van der Waals surface area contributed by atoms with Crippen molar-refractivity contribution in [2.24, 2.45) is 0 Å². The van der Waals surface area contributed by atoms with Gasteiger partial charge >= 0.3 is 0 Å². The summed E-state index contributed by atoms with van der Waals surface area (Å²) >= 11 is 0. The highest BCUT2D eigenvalue weighted by Gasteiger charge is 2.37. The Bertz CT molecular complexity index is 901. The van der Waals surface area contributed by atoms with E-state index in [0.717, 1.165) is 18.4 Å². The number of rotatable bonds is 2. The number of carbonyl (C=O) groups is 1. The van der Waals surface area contributed by atoms with Gasteiger partial charge in [0.1, 0.15) is 6.10 Å². The van der Waals surface area contributed by atoms with Gasteiger partial charge in [0.05, 0.1) is 0 Å². The third-order valence-electron chi connectivity index (χ3n) is 5.61. The van der Waals surface area contributed by atoms with Gasteiger partial charge in [-0.25, -0.2) is 0 Å². The first-order chi connectivity index (χ1) is 12.7. The number of hydrogen-bond acceptors (Lipinski definition) is 2. The lowest BCUT2D eigenvalue weighted by molar-refractivity contribution is 0.0973. The largest absolute Gasteiger partial charge is 0.376 e. The van der Waals surface area contributed by atoms with Crippen LogP contribution in [0.1, 0.15) is 73.7 Å². The fourth-order valence-electron chi connectivity index (χ4n) is 3.68. The van der Waals surface area contributed by atoms with Gasteiger partial charge < -0.3 is 5.11 Å². The van der Waals surface area contributed by atoms with E-state index in [-0.39, 0.29) is 16.7 Å². The van der Waals surface area contributed by atoms with E-state index in [2.05, 4.69) is 57.1 Å². The zero-order valence-corrected chi connectivity index (χ0v) is 16.5. The predicted octanol–water partition coefficient (Wildman–Crippen LogP) is 4.46. The molecule has 0 spiro atoms. The molecule has 0 saturated carbocycles. The van der Waals surface area contributed by atoms with Crippen LogP contribution in [-0.4, -0.2) is 11.0 Å². The fraction of sp³-hybridized carbons (Fsp3) is 0.375. The second kappa shape index (κ2) is 7.21. The Labute approximate surface area is 161 Å². The molecule has 1 aliphatic rings. The average molecular weight is 361 g/mol. The van der Waals surface area contributed by atoms with Gasteiger partial charge in [-0.05, 0) is 58.4 Å². The maximum atomic E-state index is 12.0. The van der Waals surface area contributed by atoms with Gasteiger partial charge in [-0.2, -0.15) is 0 Å². The first kappa shape index (κ1) is 19.2. The zero-order chi connectivity index (χ0) is 19.7. The Morgan fingerprint density at radius 2 is 1.63 bits per heavy atom. The molecule has 0 heterocycles. The molecule has 2 aromatic rings. The first-order valence-electron chi connectivity index (χ1n) is 9.40. The number of benzene rings is 2. The van der Waals surface area contributed by atoms with Gasteiger partial charge in [0, 0.05) is 11.6 Å². The summed E-state index contributed by atoms with van der Waals surface area (Å²) in [4.78, 5) is 12.0. The van der Waals surface area contributed by atoms with Crippen LogP contribution in [0.2, 0.25) is 0 Å². The predicted molar refractivity (Wildman–Crippen MR) is 108 cm³/mol. The molecule has 140 valence electrons. The minimum Gasteiger partial charge on any atom is -0.376 e. The highest BCUT2D eigenvalue weighted by atomic mass is 16.3. The molecule has 27 heavy (non-hydrogen) atoms. The highest BCUT2D eigenvalue weighted by Crippen LogP contribution is 2.46. The number of hydrogen-bond donors (Lipinski definition) is 2. The molecule has 0 bridgehead atoms. The molecule has 1 unspecified atom stereocenters. The molecule has 3 nitrogen and oxygen atoms in total. The van der Waals surface area contributed by atoms with Gasteiger partial charge in [-0.1, -0.05) is 64.1 Å². The summed E-state index contributed by atoms with van der Waals surface area (Å²) in [6, 6.07) is 17.6. The van der Waals surface area contributed by atoms with E-state index >= 15 is 0 Å². The fourth-order valence-corrected chi connectivity index (χ4v) is 3.68. The molecule has 0 aliphatic heterocycles. The third kappa shape index (κ3) is 4.07. The molecule has 1 atom stereocenters. The highest BCUT2D eigenvalue weighted by molar-refractivity contribution is 5.95. The number of amides is 1. The molecule has 3 heteroatoms. The summed E-state index contributed by atoms with van der Waals surface area (Å²) in [6.45, 7) is 9.05. The summed E-state index contributed by atoms with van der Waals surface area (Å²) in [5.41, 5.74) is 4.16. The minimum atomic E-state index is -0.938. The molecule has 2 aromatic carbocycles. The Morgan fingerprint density at radius 1 is 1.00 bits per heavy atom. The van der Waals surface area contributed by atoms with Crippen molar-refractivity contribution in [3.05, 3.63) is 70.8 Å². The van der Waals surface area contributed by atoms with Crippen LogP contribution in [0.4, 0.5) is 0 Å². The van der Waals surface area contributed by atoms with Crippen molar-refractivity contribution in [2.45, 2.75) is 57.5 Å². The number of aliphatic hydroxyl groups excluding tert-OH is 1. The van der Waals surface area contributed by atoms with Crippen molar-refractivity contribution >= 4 is 5.91 Å². The van der Waals surface area contributed by atoms with E-state index in [4.69, 9.17) is 0 Å². The van der Waals surface area contributed by atoms with Crippen LogP contribution in [0, 0.1) is 12.0 Å². The summed E-state index contributed by atoms with van der Waals surface area (Å²) in [6.07, 6.45) is 1.33. The van der Waals surface area contributed by atoms with Gasteiger partial charge in [0.25, 0.3) is 5.91 Å². The monoisotopic (exact) mass is 361 g/mol. The minimum absolute atomic E-state index is 0.0789. The van der Waals surface area contributed by atoms with Crippen LogP contribution >= 0.6 is 0 Å². The third-order valence-corrected chi connectivity index (χ3v) is 5.61. The summed E-state index contributed by atoms with van der Waals surface area (Å²) in [7, 11) is 0. The number of aliphatic hydroxyl groups is 1. The molecule has 1 amide bonds. The zero-order valence-electron chi connectivity index (χ0n) is 16.5. The average Bonchev–Trinajstić information content (AvgIpc) is 2.66. The van der Waals surface area contributed by atoms with Gasteiger partial charge in [-0.15, -0.1) is 0 Å². The maximum absolute atomic E-state index is 12.0. The molecule has 0 aromatic heterocycles. The summed E-state index contributed by atoms with van der Waals surface area (Å²) in [5.74, 6) is 2.45. The van der Waals surface area contributed by atoms with E-state index in [0.29, 0.717) is 5.56 Å². The number of nitrogens with one attached hydrogen (secondary N) is 1. The van der Waals surface area contributed by atoms with E-state index in [1.54, 1.807) is 24.3 Å². The lowest BCUT2D eigenvalue weighted by Gasteiger charge is -2.42. The SMILES string of the molecule is CC1(C)CCC(C)(C)c2cc(C(O)C#CNC(=O)c3ccccc3)ccc21. The van der Waals surface area contributed by atoms with Gasteiger partial charge in [0.15, 0.2) is 0 Å². The quantitative estimate of drug-likeness (QED) is 0.613. The van der Waals surface area contributed by atoms with Gasteiger partial charge in [-0.3, -0.25) is 10.1 Å². The standard InChI is InChI=1S/C24H27NO2/c1-23(2)13-14-24(3,4)20-16-18(10-11-19(20)23)21(26)12-15-25-22(27)17-8-6-5-7-9-17/h5-11,16,21,26H,13-14H2,1-4H3,(H,25,27). The van der Waals surface area contributed by atoms with E-state index in [9.17, 15) is 9.90 Å². The molecular formula is C24H27NO2. The Balaban J connectivity index is 1.79. The maximum Gasteiger partial charge on any atom is 0.262 e. The van der Waals surface area contributed by atoms with Crippen molar-refractivity contribution in [3.8, 4) is 12.0 Å². The van der Waals surface area contributed by atoms with Crippen LogP contribution in [0.25, 0.3) is 0 Å². The molecular weight excluding hydrogens is 334 g/mol. The summed E-state index contributed by atoms with van der Waals surface area (Å²) in [5, 5.41) is 13.0. The molecule has 2 N–H and O–H groups in total. The van der Waals surface area contributed by atoms with Gasteiger partial charge in [0.2, 0.25) is 0 Å². The van der Waals surface area contributed by atoms with Crippen LogP contribution in [0.5, 0.6) is 0 Å². The molecule has 0 radical (unpaired) electrons. The van der Waals surface area contributed by atoms with Crippen molar-refractivity contribution in [2.75, 3.05) is 0 Å². The van der Waals surface area contributed by atoms with E-state index < -0.39 is 6.10 Å². The lowest BCUT2D eigenvalue weighted by Crippen LogP contribution is -2.34. The van der Waals surface area contributed by atoms with Crippen molar-refractivity contribution in [1.29, 1.82) is 0 Å². The first-order valence-corrected chi connectivity index (χ1v) is 9.40. The topological polar surface area (TPSA) is 49.3 Å². The van der Waals surface area contributed by atoms with Crippen molar-refractivity contribution in [1.82, 2.24) is 5.32 Å². The number of carbonyl (C=O) groups excluding carboxylic acids is 1. The smallest absolute Gasteiger partial charge is 0.262 e. The molecule has 3 rings (SSSR count). The number of fused-ring (bicyclic) bond motifs is 1. The molecule has 0 saturated heterocycles. The van der Waals surface area contributed by atoms with Crippen LogP contribution in [0.15, 0.2) is 48.5 Å². The summed E-state index contributed by atoms with van der Waals surface area (Å²) < 4.78 is 0. The van der Waals surface area contributed by atoms with Crippen LogP contribution < -0.4 is 5.32 Å². The molecule has 1 aliphatic carbocycles. The van der Waals surface area contributed by atoms with Crippen molar-refractivity contribution in [3.63, 3.8) is 0 Å².